The number of amides is 1. The van der Waals surface area contributed by atoms with Crippen molar-refractivity contribution in [3.8, 4) is 0 Å². The summed E-state index contributed by atoms with van der Waals surface area (Å²) in [5.74, 6) is 0.445. The van der Waals surface area contributed by atoms with Gasteiger partial charge in [0.25, 0.3) is 0 Å². The summed E-state index contributed by atoms with van der Waals surface area (Å²) in [6.07, 6.45) is 0.344. The maximum Gasteiger partial charge on any atom is 0.245 e. The highest BCUT2D eigenvalue weighted by Gasteiger charge is 2.38. The van der Waals surface area contributed by atoms with E-state index in [0.717, 1.165) is 21.2 Å². The molecule has 1 aliphatic rings. The van der Waals surface area contributed by atoms with Gasteiger partial charge >= 0.3 is 0 Å². The Morgan fingerprint density at radius 1 is 1.31 bits per heavy atom. The minimum absolute atomic E-state index is 0.0466. The van der Waals surface area contributed by atoms with E-state index in [4.69, 9.17) is 0 Å². The lowest BCUT2D eigenvalue weighted by Crippen LogP contribution is -2.51. The Labute approximate surface area is 161 Å². The fraction of sp³-hybridized carbons (Fsp3) is 0.438. The molecule has 1 atom stereocenters. The van der Waals surface area contributed by atoms with Crippen LogP contribution in [0.25, 0.3) is 0 Å². The van der Waals surface area contributed by atoms with Crippen molar-refractivity contribution >= 4 is 44.2 Å². The second kappa shape index (κ2) is 8.03. The Hall–Kier alpha value is -1.49. The fourth-order valence-corrected chi connectivity index (χ4v) is 5.69. The van der Waals surface area contributed by atoms with Crippen LogP contribution in [-0.2, 0) is 27.8 Å². The van der Waals surface area contributed by atoms with Crippen LogP contribution in [0, 0.1) is 0 Å². The molecule has 2 aromatic rings. The third-order valence-corrected chi connectivity index (χ3v) is 7.82. The second-order valence-electron chi connectivity index (χ2n) is 5.73. The van der Waals surface area contributed by atoms with Crippen LogP contribution >= 0.6 is 23.1 Å². The van der Waals surface area contributed by atoms with Crippen LogP contribution in [-0.4, -0.2) is 46.4 Å². The Kier molecular flexibility index (Phi) is 5.96. The standard InChI is InChI=1S/C16H20N4O3S3/c1-3-24-16-19-18-15(25-16)17-14(21)13-9-11-7-5-6-8-12(11)10-20(13)26(22,23)4-2/h5-8,13H,3-4,9-10H2,1-2H3,(H,17,18,21)/t13-/m1/s1. The zero-order valence-corrected chi connectivity index (χ0v) is 17.0. The van der Waals surface area contributed by atoms with E-state index >= 15 is 0 Å². The van der Waals surface area contributed by atoms with Gasteiger partial charge in [-0.1, -0.05) is 54.3 Å². The first-order valence-corrected chi connectivity index (χ1v) is 11.7. The lowest BCUT2D eigenvalue weighted by molar-refractivity contribution is -0.120. The Morgan fingerprint density at radius 3 is 2.73 bits per heavy atom. The Morgan fingerprint density at radius 2 is 2.04 bits per heavy atom. The van der Waals surface area contributed by atoms with E-state index in [9.17, 15) is 13.2 Å². The van der Waals surface area contributed by atoms with E-state index in [1.54, 1.807) is 18.7 Å². The SMILES string of the molecule is CCSc1nnc(NC(=O)[C@H]2Cc3ccccc3CN2S(=O)(=O)CC)s1. The van der Waals surface area contributed by atoms with E-state index in [-0.39, 0.29) is 18.2 Å². The van der Waals surface area contributed by atoms with Gasteiger partial charge in [-0.05, 0) is 30.2 Å². The first kappa shape index (κ1) is 19.3. The number of aromatic nitrogens is 2. The number of thioether (sulfide) groups is 1. The minimum atomic E-state index is -3.52. The molecule has 7 nitrogen and oxygen atoms in total. The van der Waals surface area contributed by atoms with Crippen molar-refractivity contribution in [3.63, 3.8) is 0 Å². The second-order valence-corrected chi connectivity index (χ2v) is 10.4. The number of rotatable bonds is 6. The zero-order chi connectivity index (χ0) is 18.7. The van der Waals surface area contributed by atoms with Crippen LogP contribution in [0.3, 0.4) is 0 Å². The molecule has 0 saturated heterocycles. The molecule has 0 aliphatic carbocycles. The Bertz CT molecular complexity index is 898. The van der Waals surface area contributed by atoms with Gasteiger partial charge in [-0.15, -0.1) is 10.2 Å². The summed E-state index contributed by atoms with van der Waals surface area (Å²) >= 11 is 2.84. The number of carbonyl (C=O) groups excluding carboxylic acids is 1. The smallest absolute Gasteiger partial charge is 0.245 e. The highest BCUT2D eigenvalue weighted by atomic mass is 32.2. The summed E-state index contributed by atoms with van der Waals surface area (Å²) in [7, 11) is -3.52. The van der Waals surface area contributed by atoms with Gasteiger partial charge < -0.3 is 0 Å². The zero-order valence-electron chi connectivity index (χ0n) is 14.5. The van der Waals surface area contributed by atoms with Gasteiger partial charge in [0, 0.05) is 6.54 Å². The highest BCUT2D eigenvalue weighted by molar-refractivity contribution is 8.01. The molecular formula is C16H20N4O3S3. The molecule has 1 aromatic heterocycles. The van der Waals surface area contributed by atoms with Gasteiger partial charge in [0.1, 0.15) is 6.04 Å². The number of hydrogen-bond acceptors (Lipinski definition) is 7. The van der Waals surface area contributed by atoms with Gasteiger partial charge in [0.05, 0.1) is 5.75 Å². The molecule has 0 radical (unpaired) electrons. The predicted octanol–water partition coefficient (Wildman–Crippen LogP) is 2.37. The molecule has 1 N–H and O–H groups in total. The topological polar surface area (TPSA) is 92.3 Å². The molecule has 3 rings (SSSR count). The summed E-state index contributed by atoms with van der Waals surface area (Å²) < 4.78 is 27.1. The largest absolute Gasteiger partial charge is 0.299 e. The summed E-state index contributed by atoms with van der Waals surface area (Å²) in [5, 5.41) is 11.1. The van der Waals surface area contributed by atoms with Crippen molar-refractivity contribution < 1.29 is 13.2 Å². The molecule has 0 bridgehead atoms. The summed E-state index contributed by atoms with van der Waals surface area (Å²) in [5.41, 5.74) is 1.93. The van der Waals surface area contributed by atoms with Crippen LogP contribution in [0.5, 0.6) is 0 Å². The van der Waals surface area contributed by atoms with Crippen molar-refractivity contribution in [3.05, 3.63) is 35.4 Å². The number of nitrogens with zero attached hydrogens (tertiary/aromatic N) is 3. The van der Waals surface area contributed by atoms with Gasteiger partial charge in [-0.2, -0.15) is 4.31 Å². The molecule has 0 saturated carbocycles. The molecule has 26 heavy (non-hydrogen) atoms. The predicted molar refractivity (Wildman–Crippen MR) is 104 cm³/mol. The number of sulfonamides is 1. The third-order valence-electron chi connectivity index (χ3n) is 4.13. The highest BCUT2D eigenvalue weighted by Crippen LogP contribution is 2.29. The molecule has 140 valence electrons. The fourth-order valence-electron chi connectivity index (χ4n) is 2.81. The first-order valence-electron chi connectivity index (χ1n) is 8.28. The average molecular weight is 413 g/mol. The lowest BCUT2D eigenvalue weighted by atomic mass is 9.95. The molecule has 0 fully saturated rings. The number of nitrogens with one attached hydrogen (secondary N) is 1. The maximum absolute atomic E-state index is 12.8. The number of anilines is 1. The van der Waals surface area contributed by atoms with Crippen LogP contribution < -0.4 is 5.32 Å². The summed E-state index contributed by atoms with van der Waals surface area (Å²) in [6.45, 7) is 3.80. The van der Waals surface area contributed by atoms with E-state index in [1.807, 2.05) is 31.2 Å². The molecular weight excluding hydrogens is 392 g/mol. The van der Waals surface area contributed by atoms with Crippen molar-refractivity contribution in [2.24, 2.45) is 0 Å². The van der Waals surface area contributed by atoms with Crippen LogP contribution in [0.15, 0.2) is 28.6 Å². The van der Waals surface area contributed by atoms with E-state index < -0.39 is 16.1 Å². The van der Waals surface area contributed by atoms with E-state index in [1.165, 1.54) is 15.6 Å². The Balaban J connectivity index is 1.85. The molecule has 0 unspecified atom stereocenters. The van der Waals surface area contributed by atoms with Crippen LogP contribution in [0.4, 0.5) is 5.13 Å². The number of hydrogen-bond donors (Lipinski definition) is 1. The van der Waals surface area contributed by atoms with Crippen molar-refractivity contribution in [1.29, 1.82) is 0 Å². The summed E-state index contributed by atoms with van der Waals surface area (Å²) in [4.78, 5) is 12.8. The third kappa shape index (κ3) is 4.08. The monoisotopic (exact) mass is 412 g/mol. The molecule has 1 aromatic carbocycles. The number of fused-ring (bicyclic) bond motifs is 1. The molecule has 2 heterocycles. The molecule has 0 spiro atoms. The van der Waals surface area contributed by atoms with Crippen molar-refractivity contribution in [2.45, 2.75) is 37.2 Å². The van der Waals surface area contributed by atoms with Crippen molar-refractivity contribution in [2.75, 3.05) is 16.8 Å². The molecule has 1 aliphatic heterocycles. The summed E-state index contributed by atoms with van der Waals surface area (Å²) in [6, 6.07) is 6.83. The molecule has 1 amide bonds. The van der Waals surface area contributed by atoms with Gasteiger partial charge in [0.2, 0.25) is 21.1 Å². The van der Waals surface area contributed by atoms with E-state index in [0.29, 0.717) is 11.6 Å². The van der Waals surface area contributed by atoms with Gasteiger partial charge in [0.15, 0.2) is 4.34 Å². The van der Waals surface area contributed by atoms with Crippen LogP contribution in [0.2, 0.25) is 0 Å². The van der Waals surface area contributed by atoms with Gasteiger partial charge in [-0.25, -0.2) is 8.42 Å². The minimum Gasteiger partial charge on any atom is -0.299 e. The number of carbonyl (C=O) groups is 1. The normalized spacial score (nSPS) is 17.7. The maximum atomic E-state index is 12.8. The van der Waals surface area contributed by atoms with Crippen LogP contribution in [0.1, 0.15) is 25.0 Å². The van der Waals surface area contributed by atoms with Gasteiger partial charge in [-0.3, -0.25) is 10.1 Å². The van der Waals surface area contributed by atoms with E-state index in [2.05, 4.69) is 15.5 Å². The average Bonchev–Trinajstić information content (AvgIpc) is 3.07. The molecule has 10 heteroatoms. The lowest BCUT2D eigenvalue weighted by Gasteiger charge is -2.34. The quantitative estimate of drug-likeness (QED) is 0.578. The number of benzene rings is 1. The van der Waals surface area contributed by atoms with Crippen molar-refractivity contribution in [1.82, 2.24) is 14.5 Å². The first-order chi connectivity index (χ1) is 12.4.